The average Bonchev–Trinajstić information content (AvgIpc) is 3.93. The smallest absolute Gasteiger partial charge is 0.408 e. The molecule has 4 aromatic carbocycles. The monoisotopic (exact) mass is 948 g/mol. The van der Waals surface area contributed by atoms with Crippen molar-refractivity contribution in [3.8, 4) is 45.9 Å². The van der Waals surface area contributed by atoms with E-state index < -0.39 is 41.8 Å². The van der Waals surface area contributed by atoms with Crippen LogP contribution in [0, 0.1) is 25.2 Å². The van der Waals surface area contributed by atoms with Crippen molar-refractivity contribution >= 4 is 23.8 Å². The van der Waals surface area contributed by atoms with Crippen LogP contribution >= 0.6 is 11.8 Å². The van der Waals surface area contributed by atoms with E-state index in [0.717, 1.165) is 16.7 Å². The van der Waals surface area contributed by atoms with E-state index in [1.54, 1.807) is 53.7 Å². The molecule has 0 radical (unpaired) electrons. The Labute approximate surface area is 401 Å². The lowest BCUT2D eigenvalue weighted by Gasteiger charge is -2.59. The Hall–Kier alpha value is -5.70. The topological polar surface area (TPSA) is 171 Å². The van der Waals surface area contributed by atoms with Gasteiger partial charge in [-0.15, -0.1) is 0 Å². The Kier molecular flexibility index (Phi) is 13.5. The fourth-order valence-corrected chi connectivity index (χ4v) is 12.2. The number of carbonyl (C=O) groups excluding carboxylic acids is 2. The first kappa shape index (κ1) is 47.4. The molecule has 16 heteroatoms. The number of ether oxygens (including phenoxy) is 8. The fourth-order valence-electron chi connectivity index (χ4n) is 11.0. The minimum Gasteiger partial charge on any atom is -0.507 e. The summed E-state index contributed by atoms with van der Waals surface area (Å²) in [4.78, 5) is 32.4. The number of carbonyl (C=O) groups is 2. The number of alkyl carbamates (subject to hydrolysis) is 1. The predicted molar refractivity (Wildman–Crippen MR) is 255 cm³/mol. The van der Waals surface area contributed by atoms with Crippen LogP contribution in [0.25, 0.3) is 11.1 Å². The van der Waals surface area contributed by atoms with Gasteiger partial charge in [0, 0.05) is 58.9 Å². The van der Waals surface area contributed by atoms with Crippen LogP contribution in [-0.2, 0) is 36.6 Å². The number of rotatable bonds is 15. The van der Waals surface area contributed by atoms with Crippen LogP contribution in [0.2, 0.25) is 0 Å². The summed E-state index contributed by atoms with van der Waals surface area (Å²) in [5.74, 6) is 2.30. The van der Waals surface area contributed by atoms with Crippen molar-refractivity contribution in [2.45, 2.75) is 95.2 Å². The maximum Gasteiger partial charge on any atom is 0.408 e. The number of phenols is 1. The number of phenolic OH excluding ortho intramolecular Hbond substituents is 1. The Morgan fingerprint density at radius 3 is 2.35 bits per heavy atom. The van der Waals surface area contributed by atoms with Crippen molar-refractivity contribution in [2.24, 2.45) is 0 Å². The Morgan fingerprint density at radius 2 is 1.68 bits per heavy atom. The highest BCUT2D eigenvalue weighted by molar-refractivity contribution is 7.99. The Balaban J connectivity index is 1.06. The molecule has 5 aliphatic rings. The molecule has 6 atom stereocenters. The van der Waals surface area contributed by atoms with Gasteiger partial charge in [-0.3, -0.25) is 9.80 Å². The van der Waals surface area contributed by atoms with Gasteiger partial charge in [0.25, 0.3) is 0 Å². The lowest BCUT2D eigenvalue weighted by Crippen LogP contribution is -2.68. The average molecular weight is 949 g/mol. The summed E-state index contributed by atoms with van der Waals surface area (Å²) < 4.78 is 47.6. The van der Waals surface area contributed by atoms with Gasteiger partial charge in [-0.1, -0.05) is 54.6 Å². The highest BCUT2D eigenvalue weighted by atomic mass is 32.2. The van der Waals surface area contributed by atoms with Crippen LogP contribution in [0.5, 0.6) is 28.7 Å². The number of fused-ring (bicyclic) bond motifs is 12. The van der Waals surface area contributed by atoms with Crippen molar-refractivity contribution < 1.29 is 52.6 Å². The lowest BCUT2D eigenvalue weighted by molar-refractivity contribution is -0.151. The van der Waals surface area contributed by atoms with E-state index >= 15 is 0 Å². The summed E-state index contributed by atoms with van der Waals surface area (Å²) in [6, 6.07) is 17.8. The van der Waals surface area contributed by atoms with E-state index in [1.807, 2.05) is 38.2 Å². The third-order valence-corrected chi connectivity index (χ3v) is 15.0. The standard InChI is InChI=1S/C52H60N4O11S/c1-28-19-30-20-38-40(22-53)56-39(44(55(38)6)42(30)48(46(28)61-8)64-26-62-18-17-60-7)21-35-43(49-47(65-27-66-49)29(2)45(35)57)41(56)23-63-50(58)37(54-51(59)67-52(3,4)5)25-68-24-36-33-15-11-9-13-31(33)32-14-10-12-16-34(32)36/h9-16,19,36-41,44,57H,17-18,20-21,23-27H2,1-8H3,(H,54,59)/t37-,38-,39?,40?,41-,44+/m0/s1. The molecule has 0 aromatic heterocycles. The number of aryl methyl sites for hydroxylation is 1. The SMILES string of the molecule is COCCOCOc1c(OC)c(C)cc2c1[C@H]1C3Cc4c(O)c(C)c5c(c4[C@H](COC(=O)[C@H](CSCC4c6ccccc6-c6ccccc64)NC(=O)OC(C)(C)C)N3C(C#N)[C@H](C2)N1C)OCO5. The van der Waals surface area contributed by atoms with E-state index in [-0.39, 0.29) is 49.7 Å². The van der Waals surface area contributed by atoms with Crippen LogP contribution in [-0.4, -0.2) is 123 Å². The quantitative estimate of drug-likeness (QED) is 0.0682. The van der Waals surface area contributed by atoms with Crippen LogP contribution in [0.15, 0.2) is 54.6 Å². The molecule has 68 heavy (non-hydrogen) atoms. The summed E-state index contributed by atoms with van der Waals surface area (Å²) in [5, 5.41) is 26.1. The number of amides is 1. The van der Waals surface area contributed by atoms with E-state index in [0.29, 0.717) is 71.5 Å². The molecule has 0 spiro atoms. The largest absolute Gasteiger partial charge is 0.507 e. The number of likely N-dealkylation sites (N-methyl/N-ethyl adjacent to an activating group) is 1. The van der Waals surface area contributed by atoms with Crippen LogP contribution in [0.4, 0.5) is 4.79 Å². The van der Waals surface area contributed by atoms with Gasteiger partial charge in [-0.05, 0) is 87.9 Å². The van der Waals surface area contributed by atoms with Crippen LogP contribution < -0.4 is 24.3 Å². The molecule has 360 valence electrons. The van der Waals surface area contributed by atoms with Crippen molar-refractivity contribution in [1.82, 2.24) is 15.1 Å². The van der Waals surface area contributed by atoms with E-state index in [1.165, 1.54) is 22.3 Å². The number of hydrogen-bond donors (Lipinski definition) is 2. The molecule has 4 aliphatic heterocycles. The molecular weight excluding hydrogens is 889 g/mol. The van der Waals surface area contributed by atoms with Crippen molar-refractivity contribution in [3.63, 3.8) is 0 Å². The van der Waals surface area contributed by atoms with Gasteiger partial charge in [0.15, 0.2) is 29.8 Å². The first-order chi connectivity index (χ1) is 32.8. The van der Waals surface area contributed by atoms with Crippen molar-refractivity contribution in [3.05, 3.63) is 99.1 Å². The molecule has 1 fully saturated rings. The number of esters is 1. The minimum absolute atomic E-state index is 0.0480. The van der Waals surface area contributed by atoms with E-state index in [4.69, 9.17) is 37.9 Å². The number of benzene rings is 4. The van der Waals surface area contributed by atoms with Gasteiger partial charge < -0.3 is 48.3 Å². The van der Waals surface area contributed by atoms with Gasteiger partial charge in [-0.25, -0.2) is 9.59 Å². The molecular formula is C52H60N4O11S. The molecule has 2 unspecified atom stereocenters. The molecule has 9 rings (SSSR count). The number of hydrogen-bond acceptors (Lipinski definition) is 15. The summed E-state index contributed by atoms with van der Waals surface area (Å²) in [6.07, 6.45) is 0.0853. The lowest BCUT2D eigenvalue weighted by atomic mass is 9.71. The van der Waals surface area contributed by atoms with Gasteiger partial charge >= 0.3 is 12.1 Å². The Bertz CT molecular complexity index is 2580. The fraction of sp³-hybridized carbons (Fsp3) is 0.481. The zero-order valence-electron chi connectivity index (χ0n) is 39.9. The molecule has 0 saturated carbocycles. The summed E-state index contributed by atoms with van der Waals surface area (Å²) >= 11 is 1.55. The zero-order valence-corrected chi connectivity index (χ0v) is 40.7. The molecule has 1 saturated heterocycles. The number of nitrogens with zero attached hydrogens (tertiary/aromatic N) is 3. The second-order valence-electron chi connectivity index (χ2n) is 19.0. The first-order valence-electron chi connectivity index (χ1n) is 23.1. The van der Waals surface area contributed by atoms with E-state index in [2.05, 4.69) is 51.5 Å². The number of nitriles is 1. The zero-order chi connectivity index (χ0) is 48.0. The molecule has 4 aromatic rings. The van der Waals surface area contributed by atoms with Crippen molar-refractivity contribution in [2.75, 3.05) is 66.2 Å². The third kappa shape index (κ3) is 8.57. The van der Waals surface area contributed by atoms with E-state index in [9.17, 15) is 20.0 Å². The number of aromatic hydroxyl groups is 1. The van der Waals surface area contributed by atoms with Gasteiger partial charge in [-0.2, -0.15) is 17.0 Å². The summed E-state index contributed by atoms with van der Waals surface area (Å²) in [7, 11) is 5.24. The molecule has 1 aliphatic carbocycles. The maximum atomic E-state index is 14.7. The number of piperazine rings is 1. The highest BCUT2D eigenvalue weighted by Crippen LogP contribution is 2.58. The Morgan fingerprint density at radius 1 is 0.971 bits per heavy atom. The maximum absolute atomic E-state index is 14.7. The normalized spacial score (nSPS) is 21.6. The van der Waals surface area contributed by atoms with Gasteiger partial charge in [0.2, 0.25) is 6.79 Å². The first-order valence-corrected chi connectivity index (χ1v) is 24.3. The summed E-state index contributed by atoms with van der Waals surface area (Å²) in [6.45, 7) is 9.45. The molecule has 2 N–H and O–H groups in total. The van der Waals surface area contributed by atoms with Gasteiger partial charge in [0.05, 0.1) is 38.5 Å². The summed E-state index contributed by atoms with van der Waals surface area (Å²) in [5.41, 5.74) is 8.57. The second-order valence-corrected chi connectivity index (χ2v) is 20.1. The minimum atomic E-state index is -1.09. The second kappa shape index (κ2) is 19.4. The number of nitrogens with one attached hydrogen (secondary N) is 1. The number of thioether (sulfide) groups is 1. The third-order valence-electron chi connectivity index (χ3n) is 13.9. The number of methoxy groups -OCH3 is 2. The molecule has 4 heterocycles. The van der Waals surface area contributed by atoms with Gasteiger partial charge in [0.1, 0.15) is 30.0 Å². The highest BCUT2D eigenvalue weighted by Gasteiger charge is 2.57. The van der Waals surface area contributed by atoms with Crippen molar-refractivity contribution in [1.29, 1.82) is 5.26 Å². The van der Waals surface area contributed by atoms with Crippen LogP contribution in [0.3, 0.4) is 0 Å². The predicted octanol–water partition coefficient (Wildman–Crippen LogP) is 7.50. The molecule has 1 amide bonds. The van der Waals surface area contributed by atoms with Crippen LogP contribution in [0.1, 0.15) is 83.3 Å². The molecule has 15 nitrogen and oxygen atoms in total. The molecule has 2 bridgehead atoms.